The minimum Gasteiger partial charge on any atom is -0.496 e. The van der Waals surface area contributed by atoms with Crippen molar-refractivity contribution in [3.05, 3.63) is 29.8 Å². The Hall–Kier alpha value is -2.12. The molecule has 0 aromatic heterocycles. The van der Waals surface area contributed by atoms with Crippen LogP contribution in [-0.4, -0.2) is 48.9 Å². The number of amides is 2. The molecule has 0 radical (unpaired) electrons. The van der Waals surface area contributed by atoms with Crippen molar-refractivity contribution in [3.63, 3.8) is 0 Å². The molecule has 3 N–H and O–H groups in total. The van der Waals surface area contributed by atoms with Crippen LogP contribution in [0.1, 0.15) is 38.2 Å². The van der Waals surface area contributed by atoms with E-state index in [0.717, 1.165) is 11.3 Å². The SMILES string of the molecule is CCC(=O)N[C@H]1CC[C@@H](CC(=O)NCc2ccccc2OC)O[C@@H]1CO. The number of para-hydroxylation sites is 1. The number of carbonyl (C=O) groups excluding carboxylic acids is 2. The van der Waals surface area contributed by atoms with Crippen LogP contribution in [0.4, 0.5) is 0 Å². The predicted molar refractivity (Wildman–Crippen MR) is 96.7 cm³/mol. The molecule has 0 saturated carbocycles. The topological polar surface area (TPSA) is 96.9 Å². The maximum atomic E-state index is 12.2. The number of methoxy groups -OCH3 is 1. The quantitative estimate of drug-likeness (QED) is 0.643. The average molecular weight is 364 g/mol. The van der Waals surface area contributed by atoms with Gasteiger partial charge in [-0.15, -0.1) is 0 Å². The van der Waals surface area contributed by atoms with E-state index in [4.69, 9.17) is 9.47 Å². The second-order valence-corrected chi connectivity index (χ2v) is 6.38. The lowest BCUT2D eigenvalue weighted by Gasteiger charge is -2.36. The van der Waals surface area contributed by atoms with Gasteiger partial charge in [0.05, 0.1) is 32.3 Å². The van der Waals surface area contributed by atoms with Gasteiger partial charge < -0.3 is 25.2 Å². The fourth-order valence-electron chi connectivity index (χ4n) is 3.08. The van der Waals surface area contributed by atoms with Gasteiger partial charge in [-0.1, -0.05) is 25.1 Å². The van der Waals surface area contributed by atoms with E-state index in [0.29, 0.717) is 25.8 Å². The molecule has 0 aliphatic carbocycles. The summed E-state index contributed by atoms with van der Waals surface area (Å²) in [6.45, 7) is 1.98. The minimum absolute atomic E-state index is 0.0648. The fraction of sp³-hybridized carbons (Fsp3) is 0.579. The summed E-state index contributed by atoms with van der Waals surface area (Å²) >= 11 is 0. The number of carbonyl (C=O) groups is 2. The monoisotopic (exact) mass is 364 g/mol. The van der Waals surface area contributed by atoms with E-state index in [-0.39, 0.29) is 37.0 Å². The highest BCUT2D eigenvalue weighted by Crippen LogP contribution is 2.22. The Labute approximate surface area is 154 Å². The summed E-state index contributed by atoms with van der Waals surface area (Å²) in [7, 11) is 1.60. The van der Waals surface area contributed by atoms with Crippen LogP contribution < -0.4 is 15.4 Å². The molecule has 2 rings (SSSR count). The van der Waals surface area contributed by atoms with Crippen LogP contribution in [0.2, 0.25) is 0 Å². The van der Waals surface area contributed by atoms with Gasteiger partial charge in [0.1, 0.15) is 11.9 Å². The Kier molecular flexibility index (Phi) is 7.87. The van der Waals surface area contributed by atoms with E-state index >= 15 is 0 Å². The molecular formula is C19H28N2O5. The maximum Gasteiger partial charge on any atom is 0.222 e. The van der Waals surface area contributed by atoms with Crippen LogP contribution in [0.3, 0.4) is 0 Å². The Morgan fingerprint density at radius 3 is 2.73 bits per heavy atom. The lowest BCUT2D eigenvalue weighted by molar-refractivity contribution is -0.135. The van der Waals surface area contributed by atoms with Gasteiger partial charge in [-0.2, -0.15) is 0 Å². The zero-order valence-electron chi connectivity index (χ0n) is 15.4. The van der Waals surface area contributed by atoms with Crippen molar-refractivity contribution in [2.75, 3.05) is 13.7 Å². The second kappa shape index (κ2) is 10.1. The molecule has 1 aromatic rings. The van der Waals surface area contributed by atoms with E-state index in [1.807, 2.05) is 24.3 Å². The molecule has 2 amide bonds. The third-order valence-electron chi connectivity index (χ3n) is 4.54. The lowest BCUT2D eigenvalue weighted by atomic mass is 9.96. The number of aliphatic hydroxyl groups is 1. The van der Waals surface area contributed by atoms with Gasteiger partial charge in [-0.25, -0.2) is 0 Å². The largest absolute Gasteiger partial charge is 0.496 e. The first-order chi connectivity index (χ1) is 12.6. The number of hydrogen-bond donors (Lipinski definition) is 3. The molecule has 3 atom stereocenters. The van der Waals surface area contributed by atoms with Crippen LogP contribution in [0.5, 0.6) is 5.75 Å². The van der Waals surface area contributed by atoms with E-state index in [1.165, 1.54) is 0 Å². The van der Waals surface area contributed by atoms with Gasteiger partial charge in [0, 0.05) is 18.5 Å². The maximum absolute atomic E-state index is 12.2. The molecule has 1 aliphatic rings. The van der Waals surface area contributed by atoms with Crippen molar-refractivity contribution in [1.29, 1.82) is 0 Å². The van der Waals surface area contributed by atoms with Gasteiger partial charge >= 0.3 is 0 Å². The van der Waals surface area contributed by atoms with Crippen molar-refractivity contribution in [1.82, 2.24) is 10.6 Å². The van der Waals surface area contributed by atoms with Crippen molar-refractivity contribution < 1.29 is 24.2 Å². The highest BCUT2D eigenvalue weighted by atomic mass is 16.5. The predicted octanol–water partition coefficient (Wildman–Crippen LogP) is 1.14. The molecule has 7 nitrogen and oxygen atoms in total. The van der Waals surface area contributed by atoms with E-state index in [9.17, 15) is 14.7 Å². The molecule has 1 fully saturated rings. The number of aliphatic hydroxyl groups excluding tert-OH is 1. The third-order valence-corrected chi connectivity index (χ3v) is 4.54. The molecule has 1 aliphatic heterocycles. The summed E-state index contributed by atoms with van der Waals surface area (Å²) < 4.78 is 11.1. The van der Waals surface area contributed by atoms with Crippen molar-refractivity contribution in [2.24, 2.45) is 0 Å². The van der Waals surface area contributed by atoms with Gasteiger partial charge in [0.15, 0.2) is 0 Å². The average Bonchev–Trinajstić information content (AvgIpc) is 2.67. The fourth-order valence-corrected chi connectivity index (χ4v) is 3.08. The summed E-state index contributed by atoms with van der Waals surface area (Å²) in [5.41, 5.74) is 0.906. The Morgan fingerprint density at radius 1 is 1.27 bits per heavy atom. The zero-order chi connectivity index (χ0) is 18.9. The Morgan fingerprint density at radius 2 is 2.04 bits per heavy atom. The number of hydrogen-bond acceptors (Lipinski definition) is 5. The summed E-state index contributed by atoms with van der Waals surface area (Å²) in [5.74, 6) is 0.551. The second-order valence-electron chi connectivity index (χ2n) is 6.38. The highest BCUT2D eigenvalue weighted by molar-refractivity contribution is 5.77. The Balaban J connectivity index is 1.81. The molecule has 1 saturated heterocycles. The summed E-state index contributed by atoms with van der Waals surface area (Å²) in [5, 5.41) is 15.3. The molecule has 144 valence electrons. The molecule has 0 spiro atoms. The van der Waals surface area contributed by atoms with Gasteiger partial charge in [-0.3, -0.25) is 9.59 Å². The van der Waals surface area contributed by atoms with Crippen molar-refractivity contribution >= 4 is 11.8 Å². The van der Waals surface area contributed by atoms with Crippen LogP contribution >= 0.6 is 0 Å². The molecule has 1 aromatic carbocycles. The van der Waals surface area contributed by atoms with Crippen LogP contribution in [0.15, 0.2) is 24.3 Å². The molecule has 1 heterocycles. The first kappa shape index (κ1) is 20.2. The smallest absolute Gasteiger partial charge is 0.222 e. The van der Waals surface area contributed by atoms with Crippen LogP contribution in [-0.2, 0) is 20.9 Å². The molecule has 0 bridgehead atoms. The van der Waals surface area contributed by atoms with E-state index in [2.05, 4.69) is 10.6 Å². The standard InChI is InChI=1S/C19H28N2O5/c1-3-18(23)21-15-9-8-14(26-17(15)12-22)10-19(24)20-11-13-6-4-5-7-16(13)25-2/h4-7,14-15,17,22H,3,8-12H2,1-2H3,(H,20,24)(H,21,23)/t14-,15-,17+/m0/s1. The van der Waals surface area contributed by atoms with Gasteiger partial charge in [0.2, 0.25) is 11.8 Å². The first-order valence-electron chi connectivity index (χ1n) is 9.01. The molecule has 7 heteroatoms. The molecule has 0 unspecified atom stereocenters. The highest BCUT2D eigenvalue weighted by Gasteiger charge is 2.32. The van der Waals surface area contributed by atoms with E-state index < -0.39 is 6.10 Å². The summed E-state index contributed by atoms with van der Waals surface area (Å²) in [4.78, 5) is 23.8. The zero-order valence-corrected chi connectivity index (χ0v) is 15.4. The number of ether oxygens (including phenoxy) is 2. The van der Waals surface area contributed by atoms with Crippen LogP contribution in [0, 0.1) is 0 Å². The first-order valence-corrected chi connectivity index (χ1v) is 9.01. The van der Waals surface area contributed by atoms with Gasteiger partial charge in [-0.05, 0) is 18.9 Å². The van der Waals surface area contributed by atoms with Crippen LogP contribution in [0.25, 0.3) is 0 Å². The number of benzene rings is 1. The van der Waals surface area contributed by atoms with E-state index in [1.54, 1.807) is 14.0 Å². The number of nitrogens with one attached hydrogen (secondary N) is 2. The van der Waals surface area contributed by atoms with Gasteiger partial charge in [0.25, 0.3) is 0 Å². The minimum atomic E-state index is -0.480. The summed E-state index contributed by atoms with van der Waals surface area (Å²) in [6.07, 6.45) is 1.21. The molecular weight excluding hydrogens is 336 g/mol. The lowest BCUT2D eigenvalue weighted by Crippen LogP contribution is -2.51. The van der Waals surface area contributed by atoms with Crippen molar-refractivity contribution in [3.8, 4) is 5.75 Å². The number of rotatable bonds is 8. The Bertz CT molecular complexity index is 607. The summed E-state index contributed by atoms with van der Waals surface area (Å²) in [6, 6.07) is 7.31. The molecule has 26 heavy (non-hydrogen) atoms. The third kappa shape index (κ3) is 5.71. The van der Waals surface area contributed by atoms with Crippen molar-refractivity contribution in [2.45, 2.75) is 57.4 Å². The normalized spacial score (nSPS) is 22.5.